The van der Waals surface area contributed by atoms with E-state index in [2.05, 4.69) is 20.2 Å². The molecule has 1 aliphatic heterocycles. The highest BCUT2D eigenvalue weighted by Crippen LogP contribution is 2.10. The summed E-state index contributed by atoms with van der Waals surface area (Å²) in [6.45, 7) is 4.26. The number of nitrogens with zero attached hydrogens (tertiary/aromatic N) is 2. The first-order valence-electron chi connectivity index (χ1n) is 4.91. The summed E-state index contributed by atoms with van der Waals surface area (Å²) in [5.74, 6) is 0.957. The SMILES string of the molecule is CNCc1cnc(N2CCOCC2)[nH]1. The molecule has 2 heterocycles. The summed E-state index contributed by atoms with van der Waals surface area (Å²) in [5, 5.41) is 3.09. The van der Waals surface area contributed by atoms with Gasteiger partial charge in [0.25, 0.3) is 0 Å². The Bertz CT molecular complexity index is 280. The molecule has 1 saturated heterocycles. The summed E-state index contributed by atoms with van der Waals surface area (Å²) >= 11 is 0. The Hall–Kier alpha value is -1.07. The minimum Gasteiger partial charge on any atom is -0.378 e. The molecule has 0 amide bonds. The van der Waals surface area contributed by atoms with E-state index in [0.717, 1.165) is 44.5 Å². The predicted octanol–water partition coefficient (Wildman–Crippen LogP) is -0.0343. The van der Waals surface area contributed by atoms with Gasteiger partial charge < -0.3 is 19.9 Å². The first kappa shape index (κ1) is 9.48. The molecular weight excluding hydrogens is 180 g/mol. The van der Waals surface area contributed by atoms with Gasteiger partial charge in [-0.3, -0.25) is 0 Å². The molecule has 14 heavy (non-hydrogen) atoms. The maximum atomic E-state index is 5.28. The van der Waals surface area contributed by atoms with E-state index < -0.39 is 0 Å². The van der Waals surface area contributed by atoms with Crippen LogP contribution < -0.4 is 10.2 Å². The number of morpholine rings is 1. The lowest BCUT2D eigenvalue weighted by molar-refractivity contribution is 0.122. The summed E-state index contributed by atoms with van der Waals surface area (Å²) in [7, 11) is 1.93. The van der Waals surface area contributed by atoms with Crippen LogP contribution in [0, 0.1) is 0 Å². The zero-order valence-corrected chi connectivity index (χ0v) is 8.42. The van der Waals surface area contributed by atoms with Crippen LogP contribution in [-0.4, -0.2) is 43.3 Å². The first-order chi connectivity index (χ1) is 6.90. The van der Waals surface area contributed by atoms with Crippen molar-refractivity contribution < 1.29 is 4.74 Å². The number of anilines is 1. The number of imidazole rings is 1. The van der Waals surface area contributed by atoms with Crippen molar-refractivity contribution in [2.24, 2.45) is 0 Å². The maximum Gasteiger partial charge on any atom is 0.203 e. The molecule has 0 unspecified atom stereocenters. The molecule has 1 fully saturated rings. The van der Waals surface area contributed by atoms with Gasteiger partial charge in [-0.1, -0.05) is 0 Å². The van der Waals surface area contributed by atoms with Gasteiger partial charge in [-0.05, 0) is 7.05 Å². The predicted molar refractivity (Wildman–Crippen MR) is 54.4 cm³/mol. The zero-order chi connectivity index (χ0) is 9.80. The van der Waals surface area contributed by atoms with Crippen LogP contribution >= 0.6 is 0 Å². The van der Waals surface area contributed by atoms with Crippen molar-refractivity contribution in [2.45, 2.75) is 6.54 Å². The second-order valence-corrected chi connectivity index (χ2v) is 3.36. The lowest BCUT2D eigenvalue weighted by Crippen LogP contribution is -2.36. The zero-order valence-electron chi connectivity index (χ0n) is 8.42. The van der Waals surface area contributed by atoms with Gasteiger partial charge in [0.2, 0.25) is 5.95 Å². The molecule has 0 saturated carbocycles. The molecule has 1 aromatic rings. The number of hydrogen-bond donors (Lipinski definition) is 2. The van der Waals surface area contributed by atoms with Crippen molar-refractivity contribution in [3.63, 3.8) is 0 Å². The van der Waals surface area contributed by atoms with Gasteiger partial charge in [0, 0.05) is 19.6 Å². The van der Waals surface area contributed by atoms with Crippen molar-refractivity contribution in [3.05, 3.63) is 11.9 Å². The molecule has 0 spiro atoms. The topological polar surface area (TPSA) is 53.2 Å². The lowest BCUT2D eigenvalue weighted by Gasteiger charge is -2.26. The average molecular weight is 196 g/mol. The van der Waals surface area contributed by atoms with E-state index in [1.54, 1.807) is 0 Å². The minimum atomic E-state index is 0.794. The first-order valence-corrected chi connectivity index (χ1v) is 4.91. The van der Waals surface area contributed by atoms with E-state index in [1.165, 1.54) is 0 Å². The molecule has 1 aromatic heterocycles. The Morgan fingerprint density at radius 1 is 1.57 bits per heavy atom. The van der Waals surface area contributed by atoms with Crippen molar-refractivity contribution in [1.29, 1.82) is 0 Å². The van der Waals surface area contributed by atoms with Crippen LogP contribution in [0.4, 0.5) is 5.95 Å². The normalized spacial score (nSPS) is 17.4. The molecule has 5 heteroatoms. The number of aromatic amines is 1. The number of aromatic nitrogens is 2. The van der Waals surface area contributed by atoms with Gasteiger partial charge in [0.1, 0.15) is 0 Å². The van der Waals surface area contributed by atoms with Gasteiger partial charge >= 0.3 is 0 Å². The van der Waals surface area contributed by atoms with Crippen molar-refractivity contribution in [3.8, 4) is 0 Å². The van der Waals surface area contributed by atoms with Crippen LogP contribution in [0.5, 0.6) is 0 Å². The molecule has 0 radical (unpaired) electrons. The molecule has 2 N–H and O–H groups in total. The van der Waals surface area contributed by atoms with Crippen molar-refractivity contribution in [2.75, 3.05) is 38.3 Å². The summed E-state index contributed by atoms with van der Waals surface area (Å²) in [6, 6.07) is 0. The number of H-pyrrole nitrogens is 1. The second kappa shape index (κ2) is 4.43. The Morgan fingerprint density at radius 3 is 3.07 bits per heavy atom. The maximum absolute atomic E-state index is 5.28. The van der Waals surface area contributed by atoms with Crippen LogP contribution in [-0.2, 0) is 11.3 Å². The number of ether oxygens (including phenoxy) is 1. The third-order valence-corrected chi connectivity index (χ3v) is 2.29. The summed E-state index contributed by atoms with van der Waals surface area (Å²) in [4.78, 5) is 9.82. The Balaban J connectivity index is 2.00. The smallest absolute Gasteiger partial charge is 0.203 e. The van der Waals surface area contributed by atoms with Gasteiger partial charge in [0.15, 0.2) is 0 Å². The van der Waals surface area contributed by atoms with E-state index in [-0.39, 0.29) is 0 Å². The van der Waals surface area contributed by atoms with Crippen LogP contribution in [0.2, 0.25) is 0 Å². The fourth-order valence-electron chi connectivity index (χ4n) is 1.56. The molecule has 0 aliphatic carbocycles. The molecule has 2 rings (SSSR count). The third-order valence-electron chi connectivity index (χ3n) is 2.29. The molecule has 0 atom stereocenters. The number of rotatable bonds is 3. The van der Waals surface area contributed by atoms with Gasteiger partial charge in [-0.25, -0.2) is 4.98 Å². The van der Waals surface area contributed by atoms with E-state index in [9.17, 15) is 0 Å². The Labute approximate surface area is 83.5 Å². The average Bonchev–Trinajstić information content (AvgIpc) is 2.68. The molecular formula is C9H16N4O. The summed E-state index contributed by atoms with van der Waals surface area (Å²) < 4.78 is 5.28. The van der Waals surface area contributed by atoms with Crippen LogP contribution in [0.1, 0.15) is 5.69 Å². The molecule has 1 aliphatic rings. The van der Waals surface area contributed by atoms with Crippen LogP contribution in [0.15, 0.2) is 6.20 Å². The van der Waals surface area contributed by atoms with Gasteiger partial charge in [-0.15, -0.1) is 0 Å². The van der Waals surface area contributed by atoms with Crippen LogP contribution in [0.25, 0.3) is 0 Å². The third kappa shape index (κ3) is 2.05. The molecule has 78 valence electrons. The van der Waals surface area contributed by atoms with E-state index in [4.69, 9.17) is 4.74 Å². The standard InChI is InChI=1S/C9H16N4O/c1-10-6-8-7-11-9(12-8)13-2-4-14-5-3-13/h7,10H,2-6H2,1H3,(H,11,12). The largest absolute Gasteiger partial charge is 0.378 e. The summed E-state index contributed by atoms with van der Waals surface area (Å²) in [5.41, 5.74) is 1.12. The highest BCUT2D eigenvalue weighted by Gasteiger charge is 2.13. The van der Waals surface area contributed by atoms with E-state index >= 15 is 0 Å². The monoisotopic (exact) mass is 196 g/mol. The van der Waals surface area contributed by atoms with Gasteiger partial charge in [0.05, 0.1) is 25.1 Å². The fourth-order valence-corrected chi connectivity index (χ4v) is 1.56. The van der Waals surface area contributed by atoms with Crippen molar-refractivity contribution in [1.82, 2.24) is 15.3 Å². The summed E-state index contributed by atoms with van der Waals surface area (Å²) in [6.07, 6.45) is 1.88. The highest BCUT2D eigenvalue weighted by atomic mass is 16.5. The van der Waals surface area contributed by atoms with Crippen molar-refractivity contribution >= 4 is 5.95 Å². The fraction of sp³-hybridized carbons (Fsp3) is 0.667. The lowest BCUT2D eigenvalue weighted by atomic mass is 10.4. The van der Waals surface area contributed by atoms with Crippen LogP contribution in [0.3, 0.4) is 0 Å². The Morgan fingerprint density at radius 2 is 2.36 bits per heavy atom. The quantitative estimate of drug-likeness (QED) is 0.712. The second-order valence-electron chi connectivity index (χ2n) is 3.36. The molecule has 0 bridgehead atoms. The Kier molecular flexibility index (Phi) is 3.00. The van der Waals surface area contributed by atoms with E-state index in [1.807, 2.05) is 13.2 Å². The van der Waals surface area contributed by atoms with Gasteiger partial charge in [-0.2, -0.15) is 0 Å². The molecule has 5 nitrogen and oxygen atoms in total. The number of nitrogens with one attached hydrogen (secondary N) is 2. The number of hydrogen-bond acceptors (Lipinski definition) is 4. The van der Waals surface area contributed by atoms with E-state index in [0.29, 0.717) is 0 Å². The highest BCUT2D eigenvalue weighted by molar-refractivity contribution is 5.31. The minimum absolute atomic E-state index is 0.794. The molecule has 0 aromatic carbocycles.